The second kappa shape index (κ2) is 4.80. The molecule has 1 N–H and O–H groups in total. The Morgan fingerprint density at radius 3 is 3.06 bits per heavy atom. The molecule has 1 aliphatic heterocycles. The van der Waals surface area contributed by atoms with Crippen LogP contribution in [-0.4, -0.2) is 49.5 Å². The van der Waals surface area contributed by atoms with Crippen LogP contribution in [0.5, 0.6) is 0 Å². The molecule has 1 fully saturated rings. The van der Waals surface area contributed by atoms with Gasteiger partial charge in [-0.05, 0) is 7.05 Å². The van der Waals surface area contributed by atoms with Gasteiger partial charge in [-0.15, -0.1) is 11.3 Å². The van der Waals surface area contributed by atoms with Gasteiger partial charge in [0.1, 0.15) is 0 Å². The zero-order chi connectivity index (χ0) is 11.5. The molecule has 16 heavy (non-hydrogen) atoms. The van der Waals surface area contributed by atoms with Crippen LogP contribution in [0.15, 0.2) is 6.20 Å². The summed E-state index contributed by atoms with van der Waals surface area (Å²) in [6.45, 7) is 2.93. The fourth-order valence-corrected chi connectivity index (χ4v) is 2.57. The minimum atomic E-state index is 0.164. The smallest absolute Gasteiger partial charge is 0.241 e. The first-order chi connectivity index (χ1) is 7.70. The Kier molecular flexibility index (Phi) is 3.40. The van der Waals surface area contributed by atoms with Crippen LogP contribution in [0.25, 0.3) is 0 Å². The first kappa shape index (κ1) is 11.3. The number of anilines is 1. The third-order valence-electron chi connectivity index (χ3n) is 2.62. The largest absolute Gasteiger partial charge is 0.342 e. The zero-order valence-corrected chi connectivity index (χ0v) is 10.4. The van der Waals surface area contributed by atoms with Crippen molar-refractivity contribution >= 4 is 22.4 Å². The van der Waals surface area contributed by atoms with Gasteiger partial charge in [-0.2, -0.15) is 0 Å². The second-order valence-corrected chi connectivity index (χ2v) is 4.97. The summed E-state index contributed by atoms with van der Waals surface area (Å²) in [4.78, 5) is 20.9. The molecule has 2 rings (SSSR count). The normalized spacial score (nSPS) is 17.0. The zero-order valence-electron chi connectivity index (χ0n) is 9.56. The summed E-state index contributed by atoms with van der Waals surface area (Å²) in [5, 5.41) is 4.04. The molecule has 0 spiro atoms. The predicted octanol–water partition coefficient (Wildman–Crippen LogP) is 0.141. The lowest BCUT2D eigenvalue weighted by molar-refractivity contribution is -0.129. The number of nitrogens with zero attached hydrogens (tertiary/aromatic N) is 3. The molecule has 88 valence electrons. The van der Waals surface area contributed by atoms with Crippen molar-refractivity contribution in [2.75, 3.05) is 38.6 Å². The number of piperazine rings is 1. The van der Waals surface area contributed by atoms with Crippen molar-refractivity contribution in [3.05, 3.63) is 11.1 Å². The molecule has 0 atom stereocenters. The Hall–Kier alpha value is -1.14. The van der Waals surface area contributed by atoms with Crippen LogP contribution in [-0.2, 0) is 11.3 Å². The monoisotopic (exact) mass is 240 g/mol. The van der Waals surface area contributed by atoms with Gasteiger partial charge in [-0.1, -0.05) is 0 Å². The number of carbonyl (C=O) groups excluding carboxylic acids is 1. The van der Waals surface area contributed by atoms with Crippen LogP contribution in [0, 0.1) is 0 Å². The Labute approximate surface area is 99.1 Å². The van der Waals surface area contributed by atoms with E-state index in [1.165, 1.54) is 4.88 Å². The molecule has 1 aromatic rings. The van der Waals surface area contributed by atoms with Gasteiger partial charge in [-0.25, -0.2) is 4.98 Å². The average Bonchev–Trinajstić information content (AvgIpc) is 2.71. The average molecular weight is 240 g/mol. The van der Waals surface area contributed by atoms with Gasteiger partial charge < -0.3 is 15.1 Å². The molecule has 1 aromatic heterocycles. The van der Waals surface area contributed by atoms with Crippen LogP contribution >= 0.6 is 11.3 Å². The van der Waals surface area contributed by atoms with Gasteiger partial charge >= 0.3 is 0 Å². The summed E-state index contributed by atoms with van der Waals surface area (Å²) < 4.78 is 0. The Balaban J connectivity index is 2.03. The third-order valence-corrected chi connectivity index (χ3v) is 3.68. The van der Waals surface area contributed by atoms with Crippen LogP contribution in [0.2, 0.25) is 0 Å². The summed E-state index contributed by atoms with van der Waals surface area (Å²) in [5.74, 6) is 0.164. The van der Waals surface area contributed by atoms with E-state index in [0.29, 0.717) is 6.54 Å². The molecule has 0 bridgehead atoms. The molecule has 1 amide bonds. The molecular formula is C10H16N4OS. The summed E-state index contributed by atoms with van der Waals surface area (Å²) in [7, 11) is 3.76. The van der Waals surface area contributed by atoms with Crippen molar-refractivity contribution in [3.63, 3.8) is 0 Å². The Bertz CT molecular complexity index is 379. The van der Waals surface area contributed by atoms with Crippen molar-refractivity contribution < 1.29 is 4.79 Å². The molecule has 1 aliphatic rings. The number of hydrogen-bond donors (Lipinski definition) is 1. The van der Waals surface area contributed by atoms with E-state index in [-0.39, 0.29) is 5.91 Å². The third kappa shape index (κ3) is 2.33. The first-order valence-electron chi connectivity index (χ1n) is 5.29. The van der Waals surface area contributed by atoms with Gasteiger partial charge in [0.05, 0.1) is 6.54 Å². The second-order valence-electron chi connectivity index (χ2n) is 3.88. The van der Waals surface area contributed by atoms with E-state index in [2.05, 4.69) is 10.3 Å². The number of rotatable bonds is 3. The topological polar surface area (TPSA) is 48.5 Å². The number of amides is 1. The Morgan fingerprint density at radius 1 is 1.56 bits per heavy atom. The van der Waals surface area contributed by atoms with Crippen molar-refractivity contribution in [1.82, 2.24) is 15.2 Å². The van der Waals surface area contributed by atoms with Crippen molar-refractivity contribution in [3.8, 4) is 0 Å². The minimum Gasteiger partial charge on any atom is -0.342 e. The van der Waals surface area contributed by atoms with Crippen LogP contribution in [0.3, 0.4) is 0 Å². The van der Waals surface area contributed by atoms with Crippen LogP contribution < -0.4 is 10.2 Å². The number of thiazole rings is 1. The van der Waals surface area contributed by atoms with E-state index in [1.807, 2.05) is 25.2 Å². The van der Waals surface area contributed by atoms with Gasteiger partial charge in [-0.3, -0.25) is 4.79 Å². The fraction of sp³-hybridized carbons (Fsp3) is 0.600. The highest BCUT2D eigenvalue weighted by Crippen LogP contribution is 2.23. The molecule has 0 unspecified atom stereocenters. The standard InChI is InChI=1S/C10H16N4OS/c1-11-5-8-6-12-10(16-8)14-4-3-13(2)9(15)7-14/h6,11H,3-5,7H2,1-2H3. The maximum atomic E-state index is 11.6. The molecule has 0 aliphatic carbocycles. The number of carbonyl (C=O) groups is 1. The number of nitrogens with one attached hydrogen (secondary N) is 1. The van der Waals surface area contributed by atoms with E-state index >= 15 is 0 Å². The number of hydrogen-bond acceptors (Lipinski definition) is 5. The lowest BCUT2D eigenvalue weighted by atomic mass is 10.3. The Morgan fingerprint density at radius 2 is 2.38 bits per heavy atom. The number of likely N-dealkylation sites (N-methyl/N-ethyl adjacent to an activating group) is 1. The molecule has 0 radical (unpaired) electrons. The number of aromatic nitrogens is 1. The molecule has 5 nitrogen and oxygen atoms in total. The minimum absolute atomic E-state index is 0.164. The molecule has 0 aromatic carbocycles. The van der Waals surface area contributed by atoms with E-state index in [9.17, 15) is 4.79 Å². The van der Waals surface area contributed by atoms with Gasteiger partial charge in [0, 0.05) is 37.8 Å². The quantitative estimate of drug-likeness (QED) is 0.816. The van der Waals surface area contributed by atoms with Gasteiger partial charge in [0.25, 0.3) is 0 Å². The van der Waals surface area contributed by atoms with E-state index in [4.69, 9.17) is 0 Å². The summed E-state index contributed by atoms with van der Waals surface area (Å²) in [6.07, 6.45) is 1.87. The van der Waals surface area contributed by atoms with E-state index in [1.54, 1.807) is 16.2 Å². The van der Waals surface area contributed by atoms with Gasteiger partial charge in [0.2, 0.25) is 5.91 Å². The first-order valence-corrected chi connectivity index (χ1v) is 6.10. The lowest BCUT2D eigenvalue weighted by Gasteiger charge is -2.31. The summed E-state index contributed by atoms with van der Waals surface area (Å²) in [6, 6.07) is 0. The van der Waals surface area contributed by atoms with Crippen molar-refractivity contribution in [2.45, 2.75) is 6.54 Å². The highest BCUT2D eigenvalue weighted by atomic mass is 32.1. The van der Waals surface area contributed by atoms with Crippen molar-refractivity contribution in [1.29, 1.82) is 0 Å². The SMILES string of the molecule is CNCc1cnc(N2CCN(C)C(=O)C2)s1. The highest BCUT2D eigenvalue weighted by molar-refractivity contribution is 7.15. The highest BCUT2D eigenvalue weighted by Gasteiger charge is 2.22. The lowest BCUT2D eigenvalue weighted by Crippen LogP contribution is -2.48. The molecule has 1 saturated heterocycles. The van der Waals surface area contributed by atoms with Crippen molar-refractivity contribution in [2.24, 2.45) is 0 Å². The maximum absolute atomic E-state index is 11.6. The molecule has 6 heteroatoms. The summed E-state index contributed by atoms with van der Waals surface area (Å²) in [5.41, 5.74) is 0. The molecule has 2 heterocycles. The van der Waals surface area contributed by atoms with Crippen LogP contribution in [0.4, 0.5) is 5.13 Å². The fourth-order valence-electron chi connectivity index (χ4n) is 1.62. The molecule has 0 saturated carbocycles. The van der Waals surface area contributed by atoms with Crippen LogP contribution in [0.1, 0.15) is 4.88 Å². The van der Waals surface area contributed by atoms with E-state index in [0.717, 1.165) is 24.8 Å². The molecular weight excluding hydrogens is 224 g/mol. The summed E-state index contributed by atoms with van der Waals surface area (Å²) >= 11 is 1.65. The van der Waals surface area contributed by atoms with E-state index < -0.39 is 0 Å². The van der Waals surface area contributed by atoms with Gasteiger partial charge in [0.15, 0.2) is 5.13 Å². The predicted molar refractivity (Wildman–Crippen MR) is 64.7 cm³/mol. The maximum Gasteiger partial charge on any atom is 0.241 e.